The highest BCUT2D eigenvalue weighted by Crippen LogP contribution is 2.30. The standard InChI is InChI=1S/C16H29NO/c1-3-13(2)14-9-11-17(12-10-14)16(18)15-7-5-4-6-8-15/h13-15H,3-12H2,1-2H3. The molecule has 1 aliphatic heterocycles. The number of carbonyl (C=O) groups excluding carboxylic acids is 1. The second kappa shape index (κ2) is 6.58. The van der Waals surface area contributed by atoms with Crippen molar-refractivity contribution in [1.29, 1.82) is 0 Å². The number of hydrogen-bond acceptors (Lipinski definition) is 1. The highest BCUT2D eigenvalue weighted by molar-refractivity contribution is 5.79. The molecule has 2 nitrogen and oxygen atoms in total. The van der Waals surface area contributed by atoms with Crippen LogP contribution in [0.25, 0.3) is 0 Å². The number of carbonyl (C=O) groups is 1. The van der Waals surface area contributed by atoms with E-state index in [0.717, 1.165) is 37.8 Å². The van der Waals surface area contributed by atoms with Gasteiger partial charge in [-0.25, -0.2) is 0 Å². The van der Waals surface area contributed by atoms with Crippen LogP contribution in [0.15, 0.2) is 0 Å². The number of nitrogens with zero attached hydrogens (tertiary/aromatic N) is 1. The Kier molecular flexibility index (Phi) is 5.08. The van der Waals surface area contributed by atoms with Crippen molar-refractivity contribution in [3.05, 3.63) is 0 Å². The minimum Gasteiger partial charge on any atom is -0.342 e. The van der Waals surface area contributed by atoms with Crippen molar-refractivity contribution in [1.82, 2.24) is 4.90 Å². The van der Waals surface area contributed by atoms with Crippen LogP contribution in [0.1, 0.15) is 65.2 Å². The van der Waals surface area contributed by atoms with Crippen molar-refractivity contribution in [2.45, 2.75) is 65.2 Å². The van der Waals surface area contributed by atoms with E-state index in [1.807, 2.05) is 0 Å². The molecule has 0 aromatic carbocycles. The molecule has 104 valence electrons. The molecule has 0 N–H and O–H groups in total. The minimum absolute atomic E-state index is 0.360. The van der Waals surface area contributed by atoms with Crippen molar-refractivity contribution in [2.75, 3.05) is 13.1 Å². The summed E-state index contributed by atoms with van der Waals surface area (Å²) in [6.45, 7) is 6.68. The Bertz CT molecular complexity index is 262. The van der Waals surface area contributed by atoms with Gasteiger partial charge in [-0.2, -0.15) is 0 Å². The SMILES string of the molecule is CCC(C)C1CCN(C(=O)C2CCCCC2)CC1. The second-order valence-electron chi connectivity index (χ2n) is 6.38. The Hall–Kier alpha value is -0.530. The summed E-state index contributed by atoms with van der Waals surface area (Å²) in [4.78, 5) is 14.6. The molecular formula is C16H29NO. The van der Waals surface area contributed by atoms with Crippen molar-refractivity contribution < 1.29 is 4.79 Å². The van der Waals surface area contributed by atoms with E-state index in [4.69, 9.17) is 0 Å². The molecule has 0 radical (unpaired) electrons. The quantitative estimate of drug-likeness (QED) is 0.746. The predicted molar refractivity (Wildman–Crippen MR) is 75.3 cm³/mol. The van der Waals surface area contributed by atoms with Gasteiger partial charge in [-0.3, -0.25) is 4.79 Å². The summed E-state index contributed by atoms with van der Waals surface area (Å²) in [5.41, 5.74) is 0. The molecule has 2 heteroatoms. The summed E-state index contributed by atoms with van der Waals surface area (Å²) >= 11 is 0. The van der Waals surface area contributed by atoms with E-state index in [1.54, 1.807) is 0 Å². The van der Waals surface area contributed by atoms with Crippen LogP contribution in [0.5, 0.6) is 0 Å². The molecule has 2 fully saturated rings. The summed E-state index contributed by atoms with van der Waals surface area (Å²) in [5, 5.41) is 0. The van der Waals surface area contributed by atoms with E-state index in [9.17, 15) is 4.79 Å². The maximum absolute atomic E-state index is 12.4. The number of rotatable bonds is 3. The zero-order valence-corrected chi connectivity index (χ0v) is 12.2. The summed E-state index contributed by atoms with van der Waals surface area (Å²) in [6.07, 6.45) is 9.88. The Morgan fingerprint density at radius 3 is 2.28 bits per heavy atom. The van der Waals surface area contributed by atoms with Crippen molar-refractivity contribution in [2.24, 2.45) is 17.8 Å². The molecule has 1 atom stereocenters. The lowest BCUT2D eigenvalue weighted by Gasteiger charge is -2.37. The van der Waals surface area contributed by atoms with Gasteiger partial charge in [0.2, 0.25) is 5.91 Å². The van der Waals surface area contributed by atoms with Gasteiger partial charge in [0.05, 0.1) is 0 Å². The summed E-state index contributed by atoms with van der Waals surface area (Å²) in [5.74, 6) is 2.51. The minimum atomic E-state index is 0.360. The van der Waals surface area contributed by atoms with Crippen LogP contribution < -0.4 is 0 Å². The molecule has 1 amide bonds. The molecule has 0 spiro atoms. The predicted octanol–water partition coefficient (Wildman–Crippen LogP) is 3.85. The zero-order chi connectivity index (χ0) is 13.0. The fourth-order valence-electron chi connectivity index (χ4n) is 3.63. The van der Waals surface area contributed by atoms with Crippen LogP contribution in [0.2, 0.25) is 0 Å². The summed E-state index contributed by atoms with van der Waals surface area (Å²) in [7, 11) is 0. The largest absolute Gasteiger partial charge is 0.342 e. The van der Waals surface area contributed by atoms with Crippen molar-refractivity contribution >= 4 is 5.91 Å². The first-order valence-corrected chi connectivity index (χ1v) is 8.01. The first-order chi connectivity index (χ1) is 8.72. The van der Waals surface area contributed by atoms with Gasteiger partial charge in [-0.1, -0.05) is 39.5 Å². The molecule has 0 aromatic rings. The van der Waals surface area contributed by atoms with E-state index in [1.165, 1.54) is 38.5 Å². The molecule has 1 aliphatic carbocycles. The van der Waals surface area contributed by atoms with Crippen LogP contribution in [0.3, 0.4) is 0 Å². The third kappa shape index (κ3) is 3.27. The van der Waals surface area contributed by atoms with Gasteiger partial charge in [-0.15, -0.1) is 0 Å². The third-order valence-corrected chi connectivity index (χ3v) is 5.25. The van der Waals surface area contributed by atoms with Crippen LogP contribution in [0.4, 0.5) is 0 Å². The monoisotopic (exact) mass is 251 g/mol. The lowest BCUT2D eigenvalue weighted by atomic mass is 9.83. The molecule has 1 unspecified atom stereocenters. The molecule has 1 heterocycles. The molecule has 1 saturated heterocycles. The van der Waals surface area contributed by atoms with Gasteiger partial charge in [0, 0.05) is 19.0 Å². The second-order valence-corrected chi connectivity index (χ2v) is 6.38. The molecule has 0 aromatic heterocycles. The Balaban J connectivity index is 1.79. The van der Waals surface area contributed by atoms with E-state index >= 15 is 0 Å². The third-order valence-electron chi connectivity index (χ3n) is 5.25. The van der Waals surface area contributed by atoms with E-state index in [0.29, 0.717) is 11.8 Å². The number of likely N-dealkylation sites (tertiary alicyclic amines) is 1. The van der Waals surface area contributed by atoms with E-state index < -0.39 is 0 Å². The fraction of sp³-hybridized carbons (Fsp3) is 0.938. The zero-order valence-electron chi connectivity index (χ0n) is 12.2. The van der Waals surface area contributed by atoms with Gasteiger partial charge < -0.3 is 4.90 Å². The fourth-order valence-corrected chi connectivity index (χ4v) is 3.63. The van der Waals surface area contributed by atoms with E-state index in [2.05, 4.69) is 18.7 Å². The average molecular weight is 251 g/mol. The maximum Gasteiger partial charge on any atom is 0.225 e. The number of piperidine rings is 1. The lowest BCUT2D eigenvalue weighted by molar-refractivity contribution is -0.138. The van der Waals surface area contributed by atoms with E-state index in [-0.39, 0.29) is 0 Å². The Morgan fingerprint density at radius 2 is 1.72 bits per heavy atom. The molecule has 2 aliphatic rings. The average Bonchev–Trinajstić information content (AvgIpc) is 2.47. The van der Waals surface area contributed by atoms with Crippen LogP contribution in [-0.4, -0.2) is 23.9 Å². The number of hydrogen-bond donors (Lipinski definition) is 0. The summed E-state index contributed by atoms with van der Waals surface area (Å²) < 4.78 is 0. The topological polar surface area (TPSA) is 20.3 Å². The Labute approximate surface area is 112 Å². The van der Waals surface area contributed by atoms with Crippen LogP contribution in [0, 0.1) is 17.8 Å². The van der Waals surface area contributed by atoms with Gasteiger partial charge in [0.1, 0.15) is 0 Å². The van der Waals surface area contributed by atoms with Gasteiger partial charge >= 0.3 is 0 Å². The normalized spacial score (nSPS) is 25.1. The smallest absolute Gasteiger partial charge is 0.225 e. The van der Waals surface area contributed by atoms with Gasteiger partial charge in [0.25, 0.3) is 0 Å². The highest BCUT2D eigenvalue weighted by Gasteiger charge is 2.30. The van der Waals surface area contributed by atoms with Gasteiger partial charge in [0.15, 0.2) is 0 Å². The summed E-state index contributed by atoms with van der Waals surface area (Å²) in [6, 6.07) is 0. The molecule has 0 bridgehead atoms. The van der Waals surface area contributed by atoms with Crippen LogP contribution >= 0.6 is 0 Å². The van der Waals surface area contributed by atoms with Crippen LogP contribution in [-0.2, 0) is 4.79 Å². The number of amides is 1. The van der Waals surface area contributed by atoms with Crippen molar-refractivity contribution in [3.63, 3.8) is 0 Å². The van der Waals surface area contributed by atoms with Gasteiger partial charge in [-0.05, 0) is 37.5 Å². The van der Waals surface area contributed by atoms with Crippen molar-refractivity contribution in [3.8, 4) is 0 Å². The Morgan fingerprint density at radius 1 is 1.11 bits per heavy atom. The molecule has 1 saturated carbocycles. The molecule has 18 heavy (non-hydrogen) atoms. The first-order valence-electron chi connectivity index (χ1n) is 8.01. The molecule has 2 rings (SSSR count). The molecular weight excluding hydrogens is 222 g/mol. The maximum atomic E-state index is 12.4. The highest BCUT2D eigenvalue weighted by atomic mass is 16.2. The lowest BCUT2D eigenvalue weighted by Crippen LogP contribution is -2.43. The first kappa shape index (κ1) is 13.9.